The molecule has 0 radical (unpaired) electrons. The molecule has 0 spiro atoms. The highest BCUT2D eigenvalue weighted by Crippen LogP contribution is 2.42. The number of hydrogen-bond donors (Lipinski definition) is 1. The van der Waals surface area contributed by atoms with Crippen molar-refractivity contribution in [1.82, 2.24) is 15.0 Å². The van der Waals surface area contributed by atoms with Crippen LogP contribution < -0.4 is 10.6 Å². The molecule has 2 aliphatic rings. The molecule has 5 rings (SSSR count). The topological polar surface area (TPSA) is 85.0 Å². The summed E-state index contributed by atoms with van der Waals surface area (Å²) in [6, 6.07) is 3.93. The lowest BCUT2D eigenvalue weighted by Crippen LogP contribution is -2.39. The van der Waals surface area contributed by atoms with Crippen molar-refractivity contribution in [2.45, 2.75) is 39.0 Å². The molecule has 6 nitrogen and oxygen atoms in total. The van der Waals surface area contributed by atoms with Gasteiger partial charge >= 0.3 is 0 Å². The smallest absolute Gasteiger partial charge is 0.220 e. The highest BCUT2D eigenvalue weighted by Gasteiger charge is 2.29. The van der Waals surface area contributed by atoms with Crippen LogP contribution in [0.25, 0.3) is 21.6 Å². The third-order valence-electron chi connectivity index (χ3n) is 6.25. The average molecular weight is 408 g/mol. The van der Waals surface area contributed by atoms with E-state index in [1.165, 1.54) is 22.2 Å². The Morgan fingerprint density at radius 3 is 2.79 bits per heavy atom. The van der Waals surface area contributed by atoms with Crippen LogP contribution in [0.1, 0.15) is 36.6 Å². The van der Waals surface area contributed by atoms with Crippen molar-refractivity contribution < 1.29 is 4.79 Å². The number of piperidine rings is 1. The van der Waals surface area contributed by atoms with E-state index in [2.05, 4.69) is 16.8 Å². The van der Waals surface area contributed by atoms with Crippen LogP contribution >= 0.6 is 11.3 Å². The Balaban J connectivity index is 1.63. The van der Waals surface area contributed by atoms with Crippen molar-refractivity contribution in [3.05, 3.63) is 35.0 Å². The summed E-state index contributed by atoms with van der Waals surface area (Å²) in [6.07, 6.45) is 8.59. The third kappa shape index (κ3) is 3.37. The van der Waals surface area contributed by atoms with E-state index >= 15 is 0 Å². The number of pyridine rings is 1. The molecule has 1 atom stereocenters. The molecule has 0 aromatic carbocycles. The molecule has 150 valence electrons. The maximum atomic E-state index is 11.6. The monoisotopic (exact) mass is 407 g/mol. The summed E-state index contributed by atoms with van der Waals surface area (Å²) in [5.74, 6) is 2.25. The van der Waals surface area contributed by atoms with E-state index in [0.29, 0.717) is 0 Å². The van der Waals surface area contributed by atoms with Gasteiger partial charge in [0.2, 0.25) is 5.91 Å². The average Bonchev–Trinajstić information content (AvgIpc) is 3.11. The summed E-state index contributed by atoms with van der Waals surface area (Å²) in [4.78, 5) is 30.7. The fraction of sp³-hybridized carbons (Fsp3) is 0.455. The summed E-state index contributed by atoms with van der Waals surface area (Å²) in [5, 5.41) is 1.22. The van der Waals surface area contributed by atoms with Crippen molar-refractivity contribution in [1.29, 1.82) is 0 Å². The van der Waals surface area contributed by atoms with Gasteiger partial charge in [-0.2, -0.15) is 0 Å². The maximum Gasteiger partial charge on any atom is 0.220 e. The second-order valence-electron chi connectivity index (χ2n) is 8.31. The van der Waals surface area contributed by atoms with Crippen molar-refractivity contribution in [3.63, 3.8) is 0 Å². The number of primary amides is 1. The number of nitrogens with two attached hydrogens (primary N) is 1. The summed E-state index contributed by atoms with van der Waals surface area (Å²) >= 11 is 1.82. The highest BCUT2D eigenvalue weighted by atomic mass is 32.1. The lowest BCUT2D eigenvalue weighted by atomic mass is 9.89. The molecule has 0 saturated carbocycles. The molecule has 4 heterocycles. The van der Waals surface area contributed by atoms with Gasteiger partial charge in [0.15, 0.2) is 5.82 Å². The first-order valence-corrected chi connectivity index (χ1v) is 11.2. The van der Waals surface area contributed by atoms with Crippen LogP contribution in [0.3, 0.4) is 0 Å². The van der Waals surface area contributed by atoms with Crippen LogP contribution in [-0.2, 0) is 17.6 Å². The quantitative estimate of drug-likeness (QED) is 0.717. The van der Waals surface area contributed by atoms with Crippen LogP contribution in [0.15, 0.2) is 24.5 Å². The van der Waals surface area contributed by atoms with Gasteiger partial charge in [-0.05, 0) is 55.7 Å². The number of aromatic nitrogens is 3. The normalized spacial score (nSPS) is 20.0. The number of carbonyl (C=O) groups is 1. The first-order valence-electron chi connectivity index (χ1n) is 10.4. The van der Waals surface area contributed by atoms with Gasteiger partial charge in [0.1, 0.15) is 10.6 Å². The second-order valence-corrected chi connectivity index (χ2v) is 9.39. The van der Waals surface area contributed by atoms with Gasteiger partial charge < -0.3 is 10.6 Å². The van der Waals surface area contributed by atoms with Crippen LogP contribution in [0, 0.1) is 11.8 Å². The molecule has 1 amide bonds. The van der Waals surface area contributed by atoms with E-state index in [9.17, 15) is 4.79 Å². The van der Waals surface area contributed by atoms with E-state index < -0.39 is 0 Å². The molecule has 29 heavy (non-hydrogen) atoms. The van der Waals surface area contributed by atoms with Crippen LogP contribution in [0.2, 0.25) is 0 Å². The van der Waals surface area contributed by atoms with Crippen LogP contribution in [-0.4, -0.2) is 33.9 Å². The highest BCUT2D eigenvalue weighted by molar-refractivity contribution is 7.19. The lowest BCUT2D eigenvalue weighted by Gasteiger charge is -2.32. The molecule has 1 fully saturated rings. The van der Waals surface area contributed by atoms with Crippen LogP contribution in [0.4, 0.5) is 5.82 Å². The van der Waals surface area contributed by atoms with Gasteiger partial charge in [0.05, 0.1) is 5.39 Å². The third-order valence-corrected chi connectivity index (χ3v) is 7.40. The Bertz CT molecular complexity index is 1060. The van der Waals surface area contributed by atoms with E-state index in [1.54, 1.807) is 6.20 Å². The van der Waals surface area contributed by atoms with Crippen molar-refractivity contribution in [3.8, 4) is 11.4 Å². The summed E-state index contributed by atoms with van der Waals surface area (Å²) in [6.45, 7) is 3.93. The summed E-state index contributed by atoms with van der Waals surface area (Å²) < 4.78 is 0. The molecule has 7 heteroatoms. The zero-order valence-corrected chi connectivity index (χ0v) is 17.4. The molecule has 3 aromatic rings. The van der Waals surface area contributed by atoms with Gasteiger partial charge in [-0.3, -0.25) is 9.78 Å². The fourth-order valence-corrected chi connectivity index (χ4v) is 5.93. The molecule has 1 saturated heterocycles. The molecular weight excluding hydrogens is 382 g/mol. The number of rotatable bonds is 3. The van der Waals surface area contributed by atoms with Crippen molar-refractivity contribution >= 4 is 33.3 Å². The number of hydrogen-bond acceptors (Lipinski definition) is 6. The van der Waals surface area contributed by atoms with Gasteiger partial charge in [0.25, 0.3) is 0 Å². The second kappa shape index (κ2) is 7.37. The molecule has 1 aliphatic carbocycles. The SMILES string of the molecule is CC1CCc2c(sc3nc(-c4cccnc4)nc(N4CCC(C(N)=O)CC4)c23)C1. The predicted octanol–water partition coefficient (Wildman–Crippen LogP) is 3.58. The zero-order chi connectivity index (χ0) is 20.0. The van der Waals surface area contributed by atoms with E-state index in [-0.39, 0.29) is 11.8 Å². The Labute approximate surface area is 174 Å². The maximum absolute atomic E-state index is 11.6. The lowest BCUT2D eigenvalue weighted by molar-refractivity contribution is -0.122. The van der Waals surface area contributed by atoms with Gasteiger partial charge in [-0.15, -0.1) is 11.3 Å². The fourth-order valence-electron chi connectivity index (χ4n) is 4.55. The minimum Gasteiger partial charge on any atom is -0.369 e. The van der Waals surface area contributed by atoms with Crippen molar-refractivity contribution in [2.24, 2.45) is 17.6 Å². The van der Waals surface area contributed by atoms with Gasteiger partial charge in [-0.25, -0.2) is 9.97 Å². The zero-order valence-electron chi connectivity index (χ0n) is 16.6. The predicted molar refractivity (Wildman–Crippen MR) is 116 cm³/mol. The minimum absolute atomic E-state index is 0.0291. The summed E-state index contributed by atoms with van der Waals surface area (Å²) in [5.41, 5.74) is 7.91. The van der Waals surface area contributed by atoms with E-state index in [1.807, 2.05) is 29.7 Å². The van der Waals surface area contributed by atoms with Gasteiger partial charge in [-0.1, -0.05) is 6.92 Å². The molecule has 3 aromatic heterocycles. The molecule has 1 aliphatic heterocycles. The van der Waals surface area contributed by atoms with E-state index in [0.717, 1.165) is 66.7 Å². The number of anilines is 1. The molecule has 0 bridgehead atoms. The van der Waals surface area contributed by atoms with Gasteiger partial charge in [0, 0.05) is 41.8 Å². The van der Waals surface area contributed by atoms with E-state index in [4.69, 9.17) is 15.7 Å². The number of nitrogens with zero attached hydrogens (tertiary/aromatic N) is 4. The number of amides is 1. The summed E-state index contributed by atoms with van der Waals surface area (Å²) in [7, 11) is 0. The first-order chi connectivity index (χ1) is 14.1. The minimum atomic E-state index is -0.185. The number of carbonyl (C=O) groups excluding carboxylic acids is 1. The Morgan fingerprint density at radius 2 is 2.07 bits per heavy atom. The molecular formula is C22H25N5OS. The standard InChI is InChI=1S/C22H25N5OS/c1-13-4-5-16-17(11-13)29-22-18(16)21(27-9-6-14(7-10-27)19(23)28)25-20(26-22)15-3-2-8-24-12-15/h2-3,8,12-14H,4-7,9-11H2,1H3,(H2,23,28). The number of fused-ring (bicyclic) bond motifs is 3. The van der Waals surface area contributed by atoms with Crippen molar-refractivity contribution in [2.75, 3.05) is 18.0 Å². The Kier molecular flexibility index (Phi) is 4.70. The first kappa shape index (κ1) is 18.5. The molecule has 2 N–H and O–H groups in total. The molecule has 1 unspecified atom stereocenters. The Hall–Kier alpha value is -2.54. The number of thiophene rings is 1. The Morgan fingerprint density at radius 1 is 1.24 bits per heavy atom. The van der Waals surface area contributed by atoms with Crippen LogP contribution in [0.5, 0.6) is 0 Å². The largest absolute Gasteiger partial charge is 0.369 e. The number of aryl methyl sites for hydroxylation is 1.